The lowest BCUT2D eigenvalue weighted by Crippen LogP contribution is -2.63. The first kappa shape index (κ1) is 16.2. The molecule has 0 aromatic heterocycles. The molecule has 2 N–H and O–H groups in total. The van der Waals surface area contributed by atoms with Gasteiger partial charge in [-0.3, -0.25) is 4.79 Å². The number of ether oxygens (including phenoxy) is 2. The van der Waals surface area contributed by atoms with Crippen molar-refractivity contribution in [3.63, 3.8) is 0 Å². The standard InChI is InChI=1S/C16H28N2O4/c1-2-22-14-10-13(19)16(14)3-6-18(7-4-16)15(20)9-12-11-21-8-5-17-12/h12-14,17,19H,2-11H2,1H3. The van der Waals surface area contributed by atoms with Crippen molar-refractivity contribution in [1.29, 1.82) is 0 Å². The minimum Gasteiger partial charge on any atom is -0.392 e. The van der Waals surface area contributed by atoms with Crippen molar-refractivity contribution in [2.75, 3.05) is 39.5 Å². The molecule has 1 aliphatic carbocycles. The van der Waals surface area contributed by atoms with Crippen molar-refractivity contribution >= 4 is 5.91 Å². The van der Waals surface area contributed by atoms with Crippen LogP contribution in [-0.2, 0) is 14.3 Å². The lowest BCUT2D eigenvalue weighted by Gasteiger charge is -2.56. The number of nitrogens with zero attached hydrogens (tertiary/aromatic N) is 1. The van der Waals surface area contributed by atoms with E-state index in [0.717, 1.165) is 45.5 Å². The number of likely N-dealkylation sites (tertiary alicyclic amines) is 1. The Labute approximate surface area is 132 Å². The summed E-state index contributed by atoms with van der Waals surface area (Å²) in [5.41, 5.74) is -0.112. The van der Waals surface area contributed by atoms with E-state index in [2.05, 4.69) is 5.32 Å². The number of hydrogen-bond donors (Lipinski definition) is 2. The summed E-state index contributed by atoms with van der Waals surface area (Å²) in [5.74, 6) is 0.194. The third kappa shape index (κ3) is 3.02. The maximum Gasteiger partial charge on any atom is 0.224 e. The number of rotatable bonds is 4. The van der Waals surface area contributed by atoms with E-state index in [4.69, 9.17) is 9.47 Å². The molecule has 3 fully saturated rings. The van der Waals surface area contributed by atoms with Gasteiger partial charge in [-0.2, -0.15) is 0 Å². The predicted octanol–water partition coefficient (Wildman–Crippen LogP) is 0.143. The molecule has 22 heavy (non-hydrogen) atoms. The fraction of sp³-hybridized carbons (Fsp3) is 0.938. The quantitative estimate of drug-likeness (QED) is 0.773. The summed E-state index contributed by atoms with van der Waals surface area (Å²) in [6.45, 7) is 6.32. The van der Waals surface area contributed by atoms with Gasteiger partial charge in [0.1, 0.15) is 0 Å². The van der Waals surface area contributed by atoms with Gasteiger partial charge < -0.3 is 24.8 Å². The van der Waals surface area contributed by atoms with Gasteiger partial charge in [0.25, 0.3) is 0 Å². The Kier molecular flexibility index (Phi) is 5.02. The highest BCUT2D eigenvalue weighted by atomic mass is 16.5. The molecule has 0 aromatic carbocycles. The maximum atomic E-state index is 12.4. The van der Waals surface area contributed by atoms with Crippen molar-refractivity contribution in [3.8, 4) is 0 Å². The third-order valence-electron chi connectivity index (χ3n) is 5.58. The highest BCUT2D eigenvalue weighted by Gasteiger charge is 2.56. The van der Waals surface area contributed by atoms with Crippen LogP contribution in [0.15, 0.2) is 0 Å². The molecule has 0 radical (unpaired) electrons. The number of morpholine rings is 1. The second-order valence-electron chi connectivity index (χ2n) is 6.74. The van der Waals surface area contributed by atoms with Gasteiger partial charge in [-0.15, -0.1) is 0 Å². The van der Waals surface area contributed by atoms with E-state index in [1.807, 2.05) is 11.8 Å². The Bertz CT molecular complexity index is 388. The Morgan fingerprint density at radius 1 is 1.45 bits per heavy atom. The van der Waals surface area contributed by atoms with Crippen LogP contribution in [0.2, 0.25) is 0 Å². The maximum absolute atomic E-state index is 12.4. The summed E-state index contributed by atoms with van der Waals surface area (Å²) >= 11 is 0. The van der Waals surface area contributed by atoms with Crippen LogP contribution in [-0.4, -0.2) is 73.6 Å². The van der Waals surface area contributed by atoms with Crippen LogP contribution in [0.5, 0.6) is 0 Å². The van der Waals surface area contributed by atoms with Gasteiger partial charge in [0.15, 0.2) is 0 Å². The number of aliphatic hydroxyl groups is 1. The summed E-state index contributed by atoms with van der Waals surface area (Å²) in [7, 11) is 0. The SMILES string of the molecule is CCOC1CC(O)C12CCN(C(=O)CC1COCCN1)CC2. The van der Waals surface area contributed by atoms with Gasteiger partial charge in [0.05, 0.1) is 25.4 Å². The summed E-state index contributed by atoms with van der Waals surface area (Å²) in [6.07, 6.45) is 2.83. The van der Waals surface area contributed by atoms with Crippen molar-refractivity contribution in [3.05, 3.63) is 0 Å². The number of amides is 1. The molecular formula is C16H28N2O4. The monoisotopic (exact) mass is 312 g/mol. The van der Waals surface area contributed by atoms with Crippen molar-refractivity contribution in [1.82, 2.24) is 10.2 Å². The number of carbonyl (C=O) groups is 1. The van der Waals surface area contributed by atoms with Gasteiger partial charge in [-0.05, 0) is 19.8 Å². The van der Waals surface area contributed by atoms with E-state index in [-0.39, 0.29) is 29.6 Å². The summed E-state index contributed by atoms with van der Waals surface area (Å²) < 4.78 is 11.2. The van der Waals surface area contributed by atoms with E-state index in [9.17, 15) is 9.90 Å². The van der Waals surface area contributed by atoms with Crippen molar-refractivity contribution < 1.29 is 19.4 Å². The number of aliphatic hydroxyl groups excluding tert-OH is 1. The van der Waals surface area contributed by atoms with Gasteiger partial charge in [0.2, 0.25) is 5.91 Å². The minimum atomic E-state index is -0.269. The molecule has 3 unspecified atom stereocenters. The lowest BCUT2D eigenvalue weighted by molar-refractivity contribution is -0.210. The topological polar surface area (TPSA) is 71.0 Å². The van der Waals surface area contributed by atoms with E-state index in [1.54, 1.807) is 0 Å². The first-order valence-corrected chi connectivity index (χ1v) is 8.54. The molecule has 3 aliphatic rings. The summed E-state index contributed by atoms with van der Waals surface area (Å²) in [6, 6.07) is 0.141. The zero-order valence-corrected chi connectivity index (χ0v) is 13.4. The fourth-order valence-corrected chi connectivity index (χ4v) is 4.08. The molecule has 0 aromatic rings. The van der Waals surface area contributed by atoms with Crippen LogP contribution >= 0.6 is 0 Å². The molecule has 0 bridgehead atoms. The van der Waals surface area contributed by atoms with Crippen LogP contribution in [0, 0.1) is 5.41 Å². The Balaban J connectivity index is 1.49. The van der Waals surface area contributed by atoms with Crippen molar-refractivity contribution in [2.45, 2.75) is 50.9 Å². The molecule has 2 saturated heterocycles. The normalized spacial score (nSPS) is 34.5. The van der Waals surface area contributed by atoms with E-state index >= 15 is 0 Å². The highest BCUT2D eigenvalue weighted by Crippen LogP contribution is 2.50. The smallest absolute Gasteiger partial charge is 0.224 e. The van der Waals surface area contributed by atoms with Crippen LogP contribution in [0.1, 0.15) is 32.6 Å². The molecule has 1 saturated carbocycles. The molecule has 2 heterocycles. The molecule has 1 amide bonds. The van der Waals surface area contributed by atoms with Crippen LogP contribution < -0.4 is 5.32 Å². The average molecular weight is 312 g/mol. The molecule has 3 atom stereocenters. The van der Waals surface area contributed by atoms with Crippen LogP contribution in [0.25, 0.3) is 0 Å². The molecule has 126 valence electrons. The molecular weight excluding hydrogens is 284 g/mol. The number of piperidine rings is 1. The Morgan fingerprint density at radius 3 is 2.82 bits per heavy atom. The number of carbonyl (C=O) groups excluding carboxylic acids is 1. The molecule has 6 heteroatoms. The fourth-order valence-electron chi connectivity index (χ4n) is 4.08. The molecule has 1 spiro atoms. The summed E-state index contributed by atoms with van der Waals surface area (Å²) in [4.78, 5) is 14.3. The first-order chi connectivity index (χ1) is 10.7. The van der Waals surface area contributed by atoms with Gasteiger partial charge in [-0.1, -0.05) is 0 Å². The summed E-state index contributed by atoms with van der Waals surface area (Å²) in [5, 5.41) is 13.5. The zero-order chi connectivity index (χ0) is 15.6. The first-order valence-electron chi connectivity index (χ1n) is 8.54. The second kappa shape index (κ2) is 6.83. The third-order valence-corrected chi connectivity index (χ3v) is 5.58. The zero-order valence-electron chi connectivity index (χ0n) is 13.4. The highest BCUT2D eigenvalue weighted by molar-refractivity contribution is 5.77. The van der Waals surface area contributed by atoms with E-state index in [0.29, 0.717) is 19.6 Å². The predicted molar refractivity (Wildman–Crippen MR) is 81.5 cm³/mol. The van der Waals surface area contributed by atoms with Gasteiger partial charge in [-0.25, -0.2) is 0 Å². The van der Waals surface area contributed by atoms with Gasteiger partial charge >= 0.3 is 0 Å². The Morgan fingerprint density at radius 2 is 2.23 bits per heavy atom. The molecule has 3 rings (SSSR count). The van der Waals surface area contributed by atoms with Crippen LogP contribution in [0.3, 0.4) is 0 Å². The largest absolute Gasteiger partial charge is 0.392 e. The second-order valence-corrected chi connectivity index (χ2v) is 6.74. The van der Waals surface area contributed by atoms with E-state index < -0.39 is 0 Å². The minimum absolute atomic E-state index is 0.112. The molecule has 6 nitrogen and oxygen atoms in total. The lowest BCUT2D eigenvalue weighted by atomic mass is 9.58. The number of nitrogens with one attached hydrogen (secondary N) is 1. The van der Waals surface area contributed by atoms with Crippen molar-refractivity contribution in [2.24, 2.45) is 5.41 Å². The van der Waals surface area contributed by atoms with E-state index in [1.165, 1.54) is 0 Å². The Hall–Kier alpha value is -0.690. The number of hydrogen-bond acceptors (Lipinski definition) is 5. The average Bonchev–Trinajstić information content (AvgIpc) is 2.56. The molecule has 2 aliphatic heterocycles. The van der Waals surface area contributed by atoms with Crippen LogP contribution in [0.4, 0.5) is 0 Å². The van der Waals surface area contributed by atoms with Gasteiger partial charge in [0, 0.05) is 50.5 Å².